The maximum atomic E-state index is 9.15. The first-order valence-corrected chi connectivity index (χ1v) is 9.56. The molecule has 1 heterocycles. The summed E-state index contributed by atoms with van der Waals surface area (Å²) in [6, 6.07) is 0. The molecule has 0 aliphatic rings. The molecule has 0 aliphatic carbocycles. The van der Waals surface area contributed by atoms with Crippen molar-refractivity contribution in [2.24, 2.45) is 10.9 Å². The van der Waals surface area contributed by atoms with E-state index in [2.05, 4.69) is 53.5 Å². The minimum absolute atomic E-state index is 0. The van der Waals surface area contributed by atoms with Gasteiger partial charge in [0.25, 0.3) is 0 Å². The van der Waals surface area contributed by atoms with Crippen molar-refractivity contribution >= 4 is 29.9 Å². The van der Waals surface area contributed by atoms with Crippen LogP contribution in [0.2, 0.25) is 0 Å². The molecule has 0 saturated heterocycles. The van der Waals surface area contributed by atoms with Crippen LogP contribution in [0.1, 0.15) is 71.0 Å². The largest absolute Gasteiger partial charge is 0.396 e. The fourth-order valence-corrected chi connectivity index (χ4v) is 2.53. The summed E-state index contributed by atoms with van der Waals surface area (Å²) in [6.07, 6.45) is 4.69. The Hall–Kier alpha value is -0.900. The molecule has 0 bridgehead atoms. The summed E-state index contributed by atoms with van der Waals surface area (Å²) in [5.74, 6) is 3.02. The molecule has 1 aromatic heterocycles. The number of nitrogens with zero attached hydrogens (tertiary/aromatic N) is 3. The highest BCUT2D eigenvalue weighted by atomic mass is 127. The van der Waals surface area contributed by atoms with Gasteiger partial charge in [-0.3, -0.25) is 4.99 Å². The Balaban J connectivity index is 0.00000625. The molecule has 0 amide bonds. The zero-order chi connectivity index (χ0) is 18.5. The molecular weight excluding hydrogens is 445 g/mol. The van der Waals surface area contributed by atoms with Gasteiger partial charge in [0.05, 0.1) is 0 Å². The van der Waals surface area contributed by atoms with Crippen LogP contribution >= 0.6 is 24.0 Å². The van der Waals surface area contributed by atoms with Crippen molar-refractivity contribution in [3.05, 3.63) is 11.7 Å². The Morgan fingerprint density at radius 2 is 2.00 bits per heavy atom. The number of aromatic nitrogens is 2. The molecule has 1 unspecified atom stereocenters. The van der Waals surface area contributed by atoms with Gasteiger partial charge in [-0.05, 0) is 32.1 Å². The highest BCUT2D eigenvalue weighted by Crippen LogP contribution is 2.11. The molecule has 0 fully saturated rings. The lowest BCUT2D eigenvalue weighted by Gasteiger charge is -2.15. The Bertz CT molecular complexity index is 488. The Kier molecular flexibility index (Phi) is 14.7. The van der Waals surface area contributed by atoms with Crippen molar-refractivity contribution in [2.45, 2.75) is 65.7 Å². The summed E-state index contributed by atoms with van der Waals surface area (Å²) < 4.78 is 5.25. The number of hydrogen-bond acceptors (Lipinski definition) is 5. The van der Waals surface area contributed by atoms with Crippen LogP contribution < -0.4 is 10.6 Å². The molecule has 1 atom stereocenters. The first kappa shape index (κ1) is 25.1. The second-order valence-electron chi connectivity index (χ2n) is 6.62. The number of aliphatic imine (C=N–C) groups is 1. The van der Waals surface area contributed by atoms with E-state index >= 15 is 0 Å². The first-order valence-electron chi connectivity index (χ1n) is 9.56. The summed E-state index contributed by atoms with van der Waals surface area (Å²) in [5.41, 5.74) is 0. The van der Waals surface area contributed by atoms with Crippen LogP contribution in [0, 0.1) is 5.92 Å². The first-order chi connectivity index (χ1) is 12.1. The minimum Gasteiger partial charge on any atom is -0.396 e. The molecule has 3 N–H and O–H groups in total. The van der Waals surface area contributed by atoms with Crippen LogP contribution in [0.25, 0.3) is 0 Å². The van der Waals surface area contributed by atoms with E-state index in [4.69, 9.17) is 9.63 Å². The zero-order valence-electron chi connectivity index (χ0n) is 16.6. The summed E-state index contributed by atoms with van der Waals surface area (Å²) in [7, 11) is 0. The van der Waals surface area contributed by atoms with Crippen molar-refractivity contribution in [2.75, 3.05) is 26.2 Å². The number of halogens is 1. The van der Waals surface area contributed by atoms with Gasteiger partial charge in [0.1, 0.15) is 0 Å². The van der Waals surface area contributed by atoms with Gasteiger partial charge in [0.15, 0.2) is 11.8 Å². The molecule has 0 aliphatic heterocycles. The molecule has 0 radical (unpaired) electrons. The minimum atomic E-state index is 0. The Morgan fingerprint density at radius 3 is 2.58 bits per heavy atom. The summed E-state index contributed by atoms with van der Waals surface area (Å²) in [6.45, 7) is 10.9. The Morgan fingerprint density at radius 1 is 1.23 bits per heavy atom. The van der Waals surface area contributed by atoms with E-state index in [0.717, 1.165) is 63.5 Å². The third-order valence-corrected chi connectivity index (χ3v) is 3.95. The SMILES string of the molecule is CCCC(CCO)CN=C(NCC)NCCCc1nc(C(C)C)no1.I. The maximum Gasteiger partial charge on any atom is 0.226 e. The van der Waals surface area contributed by atoms with Crippen LogP contribution in [-0.2, 0) is 6.42 Å². The van der Waals surface area contributed by atoms with Crippen molar-refractivity contribution in [1.29, 1.82) is 0 Å². The van der Waals surface area contributed by atoms with Gasteiger partial charge in [-0.25, -0.2) is 0 Å². The fourth-order valence-electron chi connectivity index (χ4n) is 2.53. The second kappa shape index (κ2) is 15.2. The number of aryl methyl sites for hydroxylation is 1. The summed E-state index contributed by atoms with van der Waals surface area (Å²) >= 11 is 0. The van der Waals surface area contributed by atoms with Crippen molar-refractivity contribution < 1.29 is 9.63 Å². The zero-order valence-corrected chi connectivity index (χ0v) is 19.0. The van der Waals surface area contributed by atoms with E-state index < -0.39 is 0 Å². The number of nitrogens with one attached hydrogen (secondary N) is 2. The fraction of sp³-hybridized carbons (Fsp3) is 0.833. The van der Waals surface area contributed by atoms with Gasteiger partial charge in [0.2, 0.25) is 5.89 Å². The molecule has 152 valence electrons. The molecule has 0 spiro atoms. The quantitative estimate of drug-likeness (QED) is 0.184. The summed E-state index contributed by atoms with van der Waals surface area (Å²) in [5, 5.41) is 19.7. The van der Waals surface area contributed by atoms with Crippen LogP contribution in [0.4, 0.5) is 0 Å². The van der Waals surface area contributed by atoms with Gasteiger partial charge in [0, 0.05) is 38.6 Å². The number of hydrogen-bond donors (Lipinski definition) is 3. The predicted octanol–water partition coefficient (Wildman–Crippen LogP) is 3.10. The number of aliphatic hydroxyl groups is 1. The highest BCUT2D eigenvalue weighted by Gasteiger charge is 2.10. The number of guanidine groups is 1. The van der Waals surface area contributed by atoms with E-state index in [1.807, 2.05) is 0 Å². The van der Waals surface area contributed by atoms with E-state index in [1.54, 1.807) is 0 Å². The van der Waals surface area contributed by atoms with E-state index in [0.29, 0.717) is 11.8 Å². The average Bonchev–Trinajstić information content (AvgIpc) is 3.06. The van der Waals surface area contributed by atoms with Crippen molar-refractivity contribution in [1.82, 2.24) is 20.8 Å². The lowest BCUT2D eigenvalue weighted by Crippen LogP contribution is -2.38. The molecule has 0 saturated carbocycles. The third kappa shape index (κ3) is 10.3. The predicted molar refractivity (Wildman–Crippen MR) is 116 cm³/mol. The van der Waals surface area contributed by atoms with Crippen LogP contribution in [0.5, 0.6) is 0 Å². The van der Waals surface area contributed by atoms with Gasteiger partial charge < -0.3 is 20.3 Å². The van der Waals surface area contributed by atoms with Gasteiger partial charge in [-0.1, -0.05) is 32.3 Å². The van der Waals surface area contributed by atoms with E-state index in [9.17, 15) is 0 Å². The van der Waals surface area contributed by atoms with Gasteiger partial charge >= 0.3 is 0 Å². The smallest absolute Gasteiger partial charge is 0.226 e. The molecule has 1 aromatic rings. The van der Waals surface area contributed by atoms with Crippen molar-refractivity contribution in [3.8, 4) is 0 Å². The monoisotopic (exact) mass is 481 g/mol. The molecule has 0 aromatic carbocycles. The second-order valence-corrected chi connectivity index (χ2v) is 6.62. The van der Waals surface area contributed by atoms with Gasteiger partial charge in [-0.2, -0.15) is 4.98 Å². The van der Waals surface area contributed by atoms with Crippen LogP contribution in [-0.4, -0.2) is 47.4 Å². The Labute approximate surface area is 174 Å². The van der Waals surface area contributed by atoms with E-state index in [-0.39, 0.29) is 36.5 Å². The molecule has 26 heavy (non-hydrogen) atoms. The molecule has 7 nitrogen and oxygen atoms in total. The maximum absolute atomic E-state index is 9.15. The van der Waals surface area contributed by atoms with E-state index in [1.165, 1.54) is 0 Å². The molecule has 8 heteroatoms. The molecular formula is C18H36IN5O2. The topological polar surface area (TPSA) is 95.6 Å². The average molecular weight is 481 g/mol. The lowest BCUT2D eigenvalue weighted by atomic mass is 10.0. The van der Waals surface area contributed by atoms with Crippen LogP contribution in [0.3, 0.4) is 0 Å². The molecule has 1 rings (SSSR count). The number of aliphatic hydroxyl groups excluding tert-OH is 1. The van der Waals surface area contributed by atoms with Gasteiger partial charge in [-0.15, -0.1) is 24.0 Å². The van der Waals surface area contributed by atoms with Crippen molar-refractivity contribution in [3.63, 3.8) is 0 Å². The highest BCUT2D eigenvalue weighted by molar-refractivity contribution is 14.0. The standard InChI is InChI=1S/C18H35N5O2.HI/c1-5-8-15(10-12-24)13-21-18(19-6-2)20-11-7-9-16-22-17(14(3)4)23-25-16;/h14-15,24H,5-13H2,1-4H3,(H2,19,20,21);1H. The lowest BCUT2D eigenvalue weighted by molar-refractivity contribution is 0.253. The van der Waals surface area contributed by atoms with Crippen LogP contribution in [0.15, 0.2) is 9.52 Å². The normalized spacial score (nSPS) is 12.8. The number of rotatable bonds is 12. The summed E-state index contributed by atoms with van der Waals surface area (Å²) in [4.78, 5) is 9.04. The third-order valence-electron chi connectivity index (χ3n) is 3.95.